The Kier molecular flexibility index (Phi) is 2.83. The van der Waals surface area contributed by atoms with Crippen molar-refractivity contribution in [3.63, 3.8) is 0 Å². The standard InChI is InChI=1S/C11H14O2/c1-3-9-5-4-6-10(7-9)11(2,13)8-12/h4-8,13H,3H2,1-2H3. The van der Waals surface area contributed by atoms with Crippen molar-refractivity contribution in [2.24, 2.45) is 0 Å². The van der Waals surface area contributed by atoms with Crippen molar-refractivity contribution in [1.82, 2.24) is 0 Å². The van der Waals surface area contributed by atoms with Crippen molar-refractivity contribution in [2.45, 2.75) is 25.9 Å². The summed E-state index contributed by atoms with van der Waals surface area (Å²) in [5.41, 5.74) is 0.423. The second-order valence-electron chi connectivity index (χ2n) is 3.32. The molecular weight excluding hydrogens is 164 g/mol. The van der Waals surface area contributed by atoms with E-state index >= 15 is 0 Å². The predicted octanol–water partition coefficient (Wildman–Crippen LogP) is 1.66. The Balaban J connectivity index is 3.08. The maximum atomic E-state index is 10.6. The van der Waals surface area contributed by atoms with Gasteiger partial charge in [-0.05, 0) is 24.5 Å². The summed E-state index contributed by atoms with van der Waals surface area (Å²) in [7, 11) is 0. The van der Waals surface area contributed by atoms with E-state index in [2.05, 4.69) is 0 Å². The molecule has 0 aromatic heterocycles. The topological polar surface area (TPSA) is 37.3 Å². The van der Waals surface area contributed by atoms with Crippen LogP contribution in [0.5, 0.6) is 0 Å². The maximum absolute atomic E-state index is 10.6. The van der Waals surface area contributed by atoms with Crippen LogP contribution in [-0.4, -0.2) is 11.4 Å². The number of hydrogen-bond acceptors (Lipinski definition) is 2. The Morgan fingerprint density at radius 1 is 1.54 bits per heavy atom. The van der Waals surface area contributed by atoms with E-state index in [4.69, 9.17) is 0 Å². The molecule has 1 atom stereocenters. The van der Waals surface area contributed by atoms with E-state index in [9.17, 15) is 9.90 Å². The summed E-state index contributed by atoms with van der Waals surface area (Å²) in [4.78, 5) is 10.6. The zero-order valence-corrected chi connectivity index (χ0v) is 7.95. The van der Waals surface area contributed by atoms with Gasteiger partial charge in [-0.15, -0.1) is 0 Å². The molecule has 2 nitrogen and oxygen atoms in total. The highest BCUT2D eigenvalue weighted by Crippen LogP contribution is 2.19. The van der Waals surface area contributed by atoms with Gasteiger partial charge in [0.05, 0.1) is 0 Å². The monoisotopic (exact) mass is 178 g/mol. The van der Waals surface area contributed by atoms with Gasteiger partial charge in [-0.2, -0.15) is 0 Å². The smallest absolute Gasteiger partial charge is 0.155 e. The third kappa shape index (κ3) is 2.16. The summed E-state index contributed by atoms with van der Waals surface area (Å²) in [6.45, 7) is 3.53. The summed E-state index contributed by atoms with van der Waals surface area (Å²) in [6, 6.07) is 7.44. The Labute approximate surface area is 78.2 Å². The molecule has 1 aromatic rings. The second-order valence-corrected chi connectivity index (χ2v) is 3.32. The number of carbonyl (C=O) groups excluding carboxylic acids is 1. The van der Waals surface area contributed by atoms with Crippen LogP contribution in [0.1, 0.15) is 25.0 Å². The number of aryl methyl sites for hydroxylation is 1. The molecule has 0 radical (unpaired) electrons. The quantitative estimate of drug-likeness (QED) is 0.715. The number of benzene rings is 1. The molecule has 0 bridgehead atoms. The van der Waals surface area contributed by atoms with Gasteiger partial charge in [0.1, 0.15) is 5.60 Å². The van der Waals surface area contributed by atoms with Gasteiger partial charge in [-0.1, -0.05) is 31.2 Å². The minimum absolute atomic E-state index is 0.557. The average Bonchev–Trinajstić information content (AvgIpc) is 2.18. The van der Waals surface area contributed by atoms with Gasteiger partial charge >= 0.3 is 0 Å². The van der Waals surface area contributed by atoms with E-state index < -0.39 is 5.60 Å². The zero-order chi connectivity index (χ0) is 9.90. The van der Waals surface area contributed by atoms with Crippen LogP contribution < -0.4 is 0 Å². The van der Waals surface area contributed by atoms with E-state index in [1.165, 1.54) is 6.92 Å². The molecule has 0 amide bonds. The van der Waals surface area contributed by atoms with Crippen LogP contribution in [0.15, 0.2) is 24.3 Å². The third-order valence-electron chi connectivity index (χ3n) is 2.15. The minimum Gasteiger partial charge on any atom is -0.378 e. The van der Waals surface area contributed by atoms with Crippen molar-refractivity contribution < 1.29 is 9.90 Å². The van der Waals surface area contributed by atoms with Gasteiger partial charge in [0.2, 0.25) is 0 Å². The molecule has 1 unspecified atom stereocenters. The van der Waals surface area contributed by atoms with Crippen LogP contribution in [0, 0.1) is 0 Å². The number of aliphatic hydroxyl groups is 1. The SMILES string of the molecule is CCc1cccc(C(C)(O)C=O)c1. The van der Waals surface area contributed by atoms with Gasteiger partial charge in [0.15, 0.2) is 6.29 Å². The lowest BCUT2D eigenvalue weighted by atomic mass is 9.95. The highest BCUT2D eigenvalue weighted by atomic mass is 16.3. The predicted molar refractivity (Wildman–Crippen MR) is 51.5 cm³/mol. The van der Waals surface area contributed by atoms with Gasteiger partial charge in [0.25, 0.3) is 0 Å². The van der Waals surface area contributed by atoms with Crippen LogP contribution >= 0.6 is 0 Å². The largest absolute Gasteiger partial charge is 0.378 e. The van der Waals surface area contributed by atoms with Crippen LogP contribution in [0.4, 0.5) is 0 Å². The molecule has 0 aliphatic rings. The van der Waals surface area contributed by atoms with Crippen molar-refractivity contribution in [3.8, 4) is 0 Å². The average molecular weight is 178 g/mol. The summed E-state index contributed by atoms with van der Waals surface area (Å²) in [5.74, 6) is 0. The van der Waals surface area contributed by atoms with Crippen molar-refractivity contribution in [3.05, 3.63) is 35.4 Å². The fourth-order valence-corrected chi connectivity index (χ4v) is 1.17. The first-order chi connectivity index (χ1) is 6.10. The van der Waals surface area contributed by atoms with Gasteiger partial charge in [0, 0.05) is 0 Å². The molecular formula is C11H14O2. The lowest BCUT2D eigenvalue weighted by molar-refractivity contribution is -0.123. The van der Waals surface area contributed by atoms with Crippen LogP contribution in [0.25, 0.3) is 0 Å². The summed E-state index contributed by atoms with van der Waals surface area (Å²) in [5, 5.41) is 9.65. The lowest BCUT2D eigenvalue weighted by Gasteiger charge is -2.16. The first kappa shape index (κ1) is 9.93. The Bertz CT molecular complexity index is 303. The molecule has 0 heterocycles. The first-order valence-electron chi connectivity index (χ1n) is 4.38. The maximum Gasteiger partial charge on any atom is 0.155 e. The van der Waals surface area contributed by atoms with Gasteiger partial charge < -0.3 is 5.11 Å². The van der Waals surface area contributed by atoms with E-state index in [0.29, 0.717) is 11.8 Å². The number of rotatable bonds is 3. The molecule has 1 N–H and O–H groups in total. The molecule has 0 aliphatic carbocycles. The summed E-state index contributed by atoms with van der Waals surface area (Å²) in [6.07, 6.45) is 1.46. The van der Waals surface area contributed by atoms with Crippen molar-refractivity contribution in [2.75, 3.05) is 0 Å². The van der Waals surface area contributed by atoms with Crippen molar-refractivity contribution in [1.29, 1.82) is 0 Å². The Morgan fingerprint density at radius 2 is 2.23 bits per heavy atom. The molecule has 70 valence electrons. The number of hydrogen-bond donors (Lipinski definition) is 1. The van der Waals surface area contributed by atoms with Crippen LogP contribution in [0.3, 0.4) is 0 Å². The van der Waals surface area contributed by atoms with Crippen molar-refractivity contribution >= 4 is 6.29 Å². The highest BCUT2D eigenvalue weighted by Gasteiger charge is 2.21. The molecule has 1 aromatic carbocycles. The van der Waals surface area contributed by atoms with E-state index in [1.54, 1.807) is 6.07 Å². The van der Waals surface area contributed by atoms with E-state index in [1.807, 2.05) is 25.1 Å². The van der Waals surface area contributed by atoms with E-state index in [0.717, 1.165) is 12.0 Å². The van der Waals surface area contributed by atoms with Crippen LogP contribution in [0.2, 0.25) is 0 Å². The fourth-order valence-electron chi connectivity index (χ4n) is 1.17. The molecule has 2 heteroatoms. The molecule has 0 fully saturated rings. The third-order valence-corrected chi connectivity index (χ3v) is 2.15. The summed E-state index contributed by atoms with van der Waals surface area (Å²) < 4.78 is 0. The Morgan fingerprint density at radius 3 is 2.77 bits per heavy atom. The number of carbonyl (C=O) groups is 1. The minimum atomic E-state index is -1.36. The zero-order valence-electron chi connectivity index (χ0n) is 7.95. The van der Waals surface area contributed by atoms with Gasteiger partial charge in [-0.25, -0.2) is 0 Å². The Hall–Kier alpha value is -1.15. The molecule has 1 rings (SSSR count). The number of aldehydes is 1. The summed E-state index contributed by atoms with van der Waals surface area (Å²) >= 11 is 0. The van der Waals surface area contributed by atoms with Gasteiger partial charge in [-0.3, -0.25) is 4.79 Å². The molecule has 13 heavy (non-hydrogen) atoms. The highest BCUT2D eigenvalue weighted by molar-refractivity contribution is 5.65. The van der Waals surface area contributed by atoms with E-state index in [-0.39, 0.29) is 0 Å². The second kappa shape index (κ2) is 3.71. The normalized spacial score (nSPS) is 15.0. The fraction of sp³-hybridized carbons (Fsp3) is 0.364. The van der Waals surface area contributed by atoms with Crippen LogP contribution in [-0.2, 0) is 16.8 Å². The first-order valence-corrected chi connectivity index (χ1v) is 4.38. The molecule has 0 aliphatic heterocycles. The molecule has 0 spiro atoms. The lowest BCUT2D eigenvalue weighted by Crippen LogP contribution is -2.22. The molecule has 0 saturated carbocycles. The molecule has 0 saturated heterocycles.